The first-order valence-corrected chi connectivity index (χ1v) is 3.31. The molecule has 0 aliphatic heterocycles. The van der Waals surface area contributed by atoms with Crippen LogP contribution in [0.1, 0.15) is 12.8 Å². The van der Waals surface area contributed by atoms with Crippen LogP contribution in [0.15, 0.2) is 5.11 Å². The fourth-order valence-electron chi connectivity index (χ4n) is 0.601. The molecule has 0 bridgehead atoms. The zero-order valence-electron chi connectivity index (χ0n) is 6.00. The number of nitrogens with one attached hydrogen (secondary N) is 1. The maximum atomic E-state index is 12.4. The summed E-state index contributed by atoms with van der Waals surface area (Å²) in [6.07, 6.45) is 1.41. The molecule has 0 aromatic rings. The second kappa shape index (κ2) is 2.94. The molecule has 1 amide bonds. The molecule has 5 nitrogen and oxygen atoms in total. The smallest absolute Gasteiger partial charge is 0.348 e. The van der Waals surface area contributed by atoms with E-state index in [0.717, 1.165) is 0 Å². The molecule has 1 fully saturated rings. The Morgan fingerprint density at radius 1 is 1.67 bits per heavy atom. The van der Waals surface area contributed by atoms with E-state index in [-0.39, 0.29) is 6.04 Å². The number of carbonyl (C=O) groups is 1. The summed E-state index contributed by atoms with van der Waals surface area (Å²) >= 11 is 0. The monoisotopic (exact) mass is 176 g/mol. The minimum Gasteiger partial charge on any atom is -0.348 e. The summed E-state index contributed by atoms with van der Waals surface area (Å²) in [5.74, 6) is -1.53. The quantitative estimate of drug-likeness (QED) is 0.298. The van der Waals surface area contributed by atoms with Gasteiger partial charge in [0.05, 0.1) is 0 Å². The Morgan fingerprint density at radius 3 is 2.67 bits per heavy atom. The lowest BCUT2D eigenvalue weighted by Gasteiger charge is -2.08. The number of carbonyl (C=O) groups excluding carboxylic acids is 1. The van der Waals surface area contributed by atoms with Crippen LogP contribution in [-0.2, 0) is 4.79 Å². The van der Waals surface area contributed by atoms with Crippen LogP contribution in [-0.4, -0.2) is 18.0 Å². The van der Waals surface area contributed by atoms with E-state index < -0.39 is 12.0 Å². The third-order valence-electron chi connectivity index (χ3n) is 1.36. The number of nitrogens with zero attached hydrogens (tertiary/aromatic N) is 3. The highest BCUT2D eigenvalue weighted by molar-refractivity contribution is 5.83. The highest BCUT2D eigenvalue weighted by Crippen LogP contribution is 2.22. The van der Waals surface area contributed by atoms with Gasteiger partial charge in [-0.25, -0.2) is 0 Å². The Hall–Kier alpha value is -1.36. The van der Waals surface area contributed by atoms with Crippen molar-refractivity contribution in [3.8, 4) is 0 Å². The zero-order valence-corrected chi connectivity index (χ0v) is 6.00. The molecule has 1 N–H and O–H groups in total. The zero-order chi connectivity index (χ0) is 9.19. The van der Waals surface area contributed by atoms with E-state index in [1.165, 1.54) is 0 Å². The number of hydrogen-bond donors (Lipinski definition) is 1. The van der Waals surface area contributed by atoms with Crippen LogP contribution in [0.25, 0.3) is 10.4 Å². The maximum Gasteiger partial charge on any atom is 0.401 e. The second-order valence-corrected chi connectivity index (χ2v) is 2.48. The molecule has 0 saturated heterocycles. The topological polar surface area (TPSA) is 77.9 Å². The van der Waals surface area contributed by atoms with Crippen molar-refractivity contribution in [2.24, 2.45) is 5.11 Å². The Morgan fingerprint density at radius 2 is 2.25 bits per heavy atom. The first-order chi connectivity index (χ1) is 5.56. The highest BCUT2D eigenvalue weighted by Gasteiger charge is 2.40. The van der Waals surface area contributed by atoms with Crippen molar-refractivity contribution in [3.05, 3.63) is 10.4 Å². The first kappa shape index (κ1) is 8.73. The Bertz CT molecular complexity index is 244. The molecule has 66 valence electrons. The van der Waals surface area contributed by atoms with Gasteiger partial charge < -0.3 is 5.32 Å². The lowest BCUT2D eigenvalue weighted by atomic mass is 10.5. The van der Waals surface area contributed by atoms with Gasteiger partial charge in [-0.3, -0.25) is 4.79 Å². The predicted octanol–water partition coefficient (Wildman–Crippen LogP) is 1.17. The minimum absolute atomic E-state index is 0.169. The molecule has 1 saturated carbocycles. The van der Waals surface area contributed by atoms with E-state index in [4.69, 9.17) is 5.53 Å². The lowest BCUT2D eigenvalue weighted by molar-refractivity contribution is -0.144. The van der Waals surface area contributed by atoms with Crippen LogP contribution in [0.2, 0.25) is 0 Å². The van der Waals surface area contributed by atoms with E-state index in [1.807, 2.05) is 10.2 Å². The van der Waals surface area contributed by atoms with Gasteiger partial charge in [0.25, 0.3) is 5.91 Å². The lowest BCUT2D eigenvalue weighted by Crippen LogP contribution is -2.39. The van der Waals surface area contributed by atoms with Crippen LogP contribution in [0.4, 0.5) is 8.78 Å². The second-order valence-electron chi connectivity index (χ2n) is 2.48. The van der Waals surface area contributed by atoms with Gasteiger partial charge in [0.2, 0.25) is 0 Å². The summed E-state index contributed by atoms with van der Waals surface area (Å²) in [7, 11) is 0. The van der Waals surface area contributed by atoms with Gasteiger partial charge >= 0.3 is 6.05 Å². The molecular formula is C5H6F2N4O. The molecule has 1 aliphatic carbocycles. The molecule has 0 radical (unpaired) electrons. The van der Waals surface area contributed by atoms with E-state index in [0.29, 0.717) is 12.8 Å². The third kappa shape index (κ3) is 2.06. The summed E-state index contributed by atoms with van der Waals surface area (Å²) in [4.78, 5) is 12.4. The van der Waals surface area contributed by atoms with Crippen molar-refractivity contribution in [2.75, 3.05) is 0 Å². The van der Waals surface area contributed by atoms with Gasteiger partial charge in [-0.2, -0.15) is 8.78 Å². The largest absolute Gasteiger partial charge is 0.401 e. The standard InChI is InChI=1S/C5H6F2N4O/c6-5(7,10-11-8)4(12)9-3-1-2-3/h3H,1-2H2,(H,9,12). The van der Waals surface area contributed by atoms with Crippen LogP contribution >= 0.6 is 0 Å². The van der Waals surface area contributed by atoms with Gasteiger partial charge in [0, 0.05) is 11.0 Å². The van der Waals surface area contributed by atoms with Crippen LogP contribution in [0, 0.1) is 0 Å². The summed E-state index contributed by atoms with van der Waals surface area (Å²) in [5.41, 5.74) is 7.70. The maximum absolute atomic E-state index is 12.4. The van der Waals surface area contributed by atoms with Gasteiger partial charge in [-0.05, 0) is 23.5 Å². The van der Waals surface area contributed by atoms with Crippen LogP contribution < -0.4 is 5.32 Å². The van der Waals surface area contributed by atoms with Crippen molar-refractivity contribution >= 4 is 5.91 Å². The van der Waals surface area contributed by atoms with Crippen molar-refractivity contribution < 1.29 is 13.6 Å². The van der Waals surface area contributed by atoms with Gasteiger partial charge in [0.1, 0.15) is 0 Å². The average Bonchev–Trinajstić information content (AvgIpc) is 2.71. The Balaban J connectivity index is 2.52. The van der Waals surface area contributed by atoms with Gasteiger partial charge in [0.15, 0.2) is 0 Å². The molecule has 0 heterocycles. The average molecular weight is 176 g/mol. The number of amides is 1. The molecule has 1 rings (SSSR count). The van der Waals surface area contributed by atoms with Crippen LogP contribution in [0.3, 0.4) is 0 Å². The summed E-state index contributed by atoms with van der Waals surface area (Å²) in [5, 5.41) is 4.10. The summed E-state index contributed by atoms with van der Waals surface area (Å²) in [6, 6.07) is -4.13. The predicted molar refractivity (Wildman–Crippen MR) is 35.3 cm³/mol. The molecule has 0 aromatic carbocycles. The molecule has 7 heteroatoms. The molecule has 12 heavy (non-hydrogen) atoms. The molecule has 0 atom stereocenters. The van der Waals surface area contributed by atoms with E-state index in [1.54, 1.807) is 0 Å². The number of azide groups is 1. The number of alkyl halides is 2. The fraction of sp³-hybridized carbons (Fsp3) is 0.800. The van der Waals surface area contributed by atoms with Gasteiger partial charge in [-0.1, -0.05) is 0 Å². The SMILES string of the molecule is [N-]=[N+]=NC(F)(F)C(=O)NC1CC1. The molecule has 0 aromatic heterocycles. The van der Waals surface area contributed by atoms with E-state index in [9.17, 15) is 13.6 Å². The molecule has 0 unspecified atom stereocenters. The number of rotatable bonds is 3. The molecule has 0 spiro atoms. The summed E-state index contributed by atoms with van der Waals surface area (Å²) in [6.45, 7) is 0. The van der Waals surface area contributed by atoms with E-state index in [2.05, 4.69) is 5.11 Å². The Kier molecular flexibility index (Phi) is 2.14. The van der Waals surface area contributed by atoms with Gasteiger partial charge in [-0.15, -0.1) is 0 Å². The minimum atomic E-state index is -3.96. The number of hydrogen-bond acceptors (Lipinski definition) is 2. The molecular weight excluding hydrogens is 170 g/mol. The third-order valence-corrected chi connectivity index (χ3v) is 1.36. The normalized spacial score (nSPS) is 16.5. The molecule has 1 aliphatic rings. The van der Waals surface area contributed by atoms with Crippen molar-refractivity contribution in [1.82, 2.24) is 5.32 Å². The van der Waals surface area contributed by atoms with Crippen molar-refractivity contribution in [3.63, 3.8) is 0 Å². The van der Waals surface area contributed by atoms with Crippen molar-refractivity contribution in [1.29, 1.82) is 0 Å². The van der Waals surface area contributed by atoms with Crippen molar-refractivity contribution in [2.45, 2.75) is 24.9 Å². The fourth-order valence-corrected chi connectivity index (χ4v) is 0.601. The summed E-state index contributed by atoms with van der Waals surface area (Å²) < 4.78 is 24.7. The van der Waals surface area contributed by atoms with E-state index >= 15 is 0 Å². The van der Waals surface area contributed by atoms with Crippen LogP contribution in [0.5, 0.6) is 0 Å². The number of halogens is 2. The first-order valence-electron chi connectivity index (χ1n) is 3.31. The Labute approximate surface area is 66.4 Å². The highest BCUT2D eigenvalue weighted by atomic mass is 19.3.